The second-order valence-corrected chi connectivity index (χ2v) is 9.55. The van der Waals surface area contributed by atoms with Gasteiger partial charge in [0, 0.05) is 17.6 Å². The van der Waals surface area contributed by atoms with Crippen LogP contribution in [0, 0.1) is 0 Å². The predicted octanol–water partition coefficient (Wildman–Crippen LogP) is 2.05. The molecule has 0 aromatic heterocycles. The van der Waals surface area contributed by atoms with Crippen LogP contribution in [-0.2, 0) is 14.8 Å². The lowest BCUT2D eigenvalue weighted by Crippen LogP contribution is -2.48. The number of alkyl halides is 3. The van der Waals surface area contributed by atoms with Crippen LogP contribution in [0.25, 0.3) is 0 Å². The lowest BCUT2D eigenvalue weighted by atomic mass is 10.1. The number of hydrogen-bond acceptors (Lipinski definition) is 4. The first-order chi connectivity index (χ1) is 13.2. The zero-order valence-corrected chi connectivity index (χ0v) is 17.2. The fourth-order valence-electron chi connectivity index (χ4n) is 2.99. The van der Waals surface area contributed by atoms with E-state index in [9.17, 15) is 31.2 Å². The minimum Gasteiger partial charge on any atom is -0.345 e. The molecular formula is C18H24F3N3O4S. The third-order valence-electron chi connectivity index (χ3n) is 4.13. The number of sulfonamides is 1. The van der Waals surface area contributed by atoms with Crippen LogP contribution >= 0.6 is 0 Å². The van der Waals surface area contributed by atoms with E-state index in [0.29, 0.717) is 6.42 Å². The standard InChI is InChI=1S/C18H24F3N3O4S/c1-17(2,3)23-29(27,28)13-8-6-12(7-9-13)16(26)24-10-4-5-14(24)15(25)22-11-18(19,20)21/h6-9,14,23H,4-5,10-11H2,1-3H3,(H,22,25). The Balaban J connectivity index is 2.12. The van der Waals surface area contributed by atoms with Crippen LogP contribution in [-0.4, -0.2) is 56.0 Å². The van der Waals surface area contributed by atoms with Crippen molar-refractivity contribution >= 4 is 21.8 Å². The quantitative estimate of drug-likeness (QED) is 0.740. The van der Waals surface area contributed by atoms with Gasteiger partial charge in [0.05, 0.1) is 4.90 Å². The Morgan fingerprint density at radius 2 is 1.72 bits per heavy atom. The van der Waals surface area contributed by atoms with Gasteiger partial charge in [0.15, 0.2) is 0 Å². The Hall–Kier alpha value is -2.14. The number of halogens is 3. The Kier molecular flexibility index (Phi) is 6.63. The average Bonchev–Trinajstić information content (AvgIpc) is 3.06. The molecule has 29 heavy (non-hydrogen) atoms. The lowest BCUT2D eigenvalue weighted by Gasteiger charge is -2.24. The molecule has 162 valence electrons. The van der Waals surface area contributed by atoms with Gasteiger partial charge in [0.2, 0.25) is 15.9 Å². The molecule has 0 bridgehead atoms. The average molecular weight is 435 g/mol. The van der Waals surface area contributed by atoms with E-state index in [-0.39, 0.29) is 23.4 Å². The molecule has 2 rings (SSSR count). The summed E-state index contributed by atoms with van der Waals surface area (Å²) in [6, 6.07) is 4.20. The van der Waals surface area contributed by atoms with Crippen LogP contribution in [0.2, 0.25) is 0 Å². The zero-order chi connectivity index (χ0) is 22.0. The lowest BCUT2D eigenvalue weighted by molar-refractivity contribution is -0.140. The van der Waals surface area contributed by atoms with Gasteiger partial charge in [-0.2, -0.15) is 13.2 Å². The summed E-state index contributed by atoms with van der Waals surface area (Å²) in [5.74, 6) is -1.40. The molecular weight excluding hydrogens is 411 g/mol. The van der Waals surface area contributed by atoms with Gasteiger partial charge in [0.1, 0.15) is 12.6 Å². The van der Waals surface area contributed by atoms with Crippen LogP contribution in [0.15, 0.2) is 29.2 Å². The number of amides is 2. The summed E-state index contributed by atoms with van der Waals surface area (Å²) in [7, 11) is -3.77. The number of carbonyl (C=O) groups excluding carboxylic acids is 2. The molecule has 1 aliphatic rings. The second kappa shape index (κ2) is 8.31. The molecule has 1 aliphatic heterocycles. The fourth-order valence-corrected chi connectivity index (χ4v) is 4.41. The minimum atomic E-state index is -4.54. The van der Waals surface area contributed by atoms with Gasteiger partial charge < -0.3 is 10.2 Å². The number of carbonyl (C=O) groups is 2. The van der Waals surface area contributed by atoms with Crippen molar-refractivity contribution in [3.05, 3.63) is 29.8 Å². The first kappa shape index (κ1) is 23.1. The van der Waals surface area contributed by atoms with Crippen LogP contribution in [0.5, 0.6) is 0 Å². The van der Waals surface area contributed by atoms with Crippen molar-refractivity contribution in [2.45, 2.75) is 56.3 Å². The molecule has 0 radical (unpaired) electrons. The number of nitrogens with zero attached hydrogens (tertiary/aromatic N) is 1. The van der Waals surface area contributed by atoms with Crippen LogP contribution in [0.4, 0.5) is 13.2 Å². The van der Waals surface area contributed by atoms with Crippen molar-refractivity contribution in [3.63, 3.8) is 0 Å². The molecule has 1 aromatic rings. The summed E-state index contributed by atoms with van der Waals surface area (Å²) in [6.07, 6.45) is -3.79. The van der Waals surface area contributed by atoms with Crippen molar-refractivity contribution in [2.75, 3.05) is 13.1 Å². The number of likely N-dealkylation sites (tertiary alicyclic amines) is 1. The van der Waals surface area contributed by atoms with E-state index in [4.69, 9.17) is 0 Å². The maximum atomic E-state index is 12.7. The van der Waals surface area contributed by atoms with Gasteiger partial charge in [-0.1, -0.05) is 0 Å². The zero-order valence-electron chi connectivity index (χ0n) is 16.3. The third kappa shape index (κ3) is 6.43. The molecule has 1 saturated heterocycles. The predicted molar refractivity (Wildman–Crippen MR) is 99.6 cm³/mol. The summed E-state index contributed by atoms with van der Waals surface area (Å²) in [4.78, 5) is 26.0. The molecule has 11 heteroatoms. The van der Waals surface area contributed by atoms with E-state index < -0.39 is 46.1 Å². The van der Waals surface area contributed by atoms with Crippen LogP contribution in [0.3, 0.4) is 0 Å². The summed E-state index contributed by atoms with van der Waals surface area (Å²) in [5.41, 5.74) is -0.532. The Morgan fingerprint density at radius 1 is 1.14 bits per heavy atom. The van der Waals surface area contributed by atoms with Gasteiger partial charge in [-0.25, -0.2) is 13.1 Å². The molecule has 0 aliphatic carbocycles. The monoisotopic (exact) mass is 435 g/mol. The Bertz CT molecular complexity index is 862. The van der Waals surface area contributed by atoms with Gasteiger partial charge in [-0.15, -0.1) is 0 Å². The highest BCUT2D eigenvalue weighted by Crippen LogP contribution is 2.22. The van der Waals surface area contributed by atoms with Crippen molar-refractivity contribution in [2.24, 2.45) is 0 Å². The van der Waals surface area contributed by atoms with E-state index in [1.54, 1.807) is 26.1 Å². The number of nitrogens with one attached hydrogen (secondary N) is 2. The van der Waals surface area contributed by atoms with Gasteiger partial charge >= 0.3 is 6.18 Å². The molecule has 1 atom stereocenters. The normalized spacial score (nSPS) is 18.0. The summed E-state index contributed by atoms with van der Waals surface area (Å²) >= 11 is 0. The SMILES string of the molecule is CC(C)(C)NS(=O)(=O)c1ccc(C(=O)N2CCCC2C(=O)NCC(F)(F)F)cc1. The molecule has 7 nitrogen and oxygen atoms in total. The minimum absolute atomic E-state index is 0.0233. The molecule has 1 fully saturated rings. The summed E-state index contributed by atoms with van der Waals surface area (Å²) in [5, 5.41) is 1.81. The molecule has 1 heterocycles. The third-order valence-corrected chi connectivity index (χ3v) is 5.91. The van der Waals surface area contributed by atoms with E-state index in [2.05, 4.69) is 4.72 Å². The fraction of sp³-hybridized carbons (Fsp3) is 0.556. The van der Waals surface area contributed by atoms with Gasteiger partial charge in [0.25, 0.3) is 5.91 Å². The molecule has 2 N–H and O–H groups in total. The number of benzene rings is 1. The highest BCUT2D eigenvalue weighted by atomic mass is 32.2. The topological polar surface area (TPSA) is 95.6 Å². The van der Waals surface area contributed by atoms with E-state index in [1.807, 2.05) is 0 Å². The Morgan fingerprint density at radius 3 is 2.24 bits per heavy atom. The van der Waals surface area contributed by atoms with Crippen molar-refractivity contribution in [1.29, 1.82) is 0 Å². The molecule has 1 aromatic carbocycles. The van der Waals surface area contributed by atoms with Gasteiger partial charge in [-0.3, -0.25) is 9.59 Å². The smallest absolute Gasteiger partial charge is 0.345 e. The van der Waals surface area contributed by atoms with Crippen molar-refractivity contribution in [1.82, 2.24) is 14.9 Å². The molecule has 2 amide bonds. The number of rotatable bonds is 5. The molecule has 1 unspecified atom stereocenters. The highest BCUT2D eigenvalue weighted by Gasteiger charge is 2.36. The second-order valence-electron chi connectivity index (χ2n) is 7.87. The van der Waals surface area contributed by atoms with E-state index >= 15 is 0 Å². The van der Waals surface area contributed by atoms with Crippen LogP contribution in [0.1, 0.15) is 44.0 Å². The van der Waals surface area contributed by atoms with Crippen LogP contribution < -0.4 is 10.0 Å². The molecule has 0 saturated carbocycles. The van der Waals surface area contributed by atoms with Crippen molar-refractivity contribution in [3.8, 4) is 0 Å². The first-order valence-electron chi connectivity index (χ1n) is 8.99. The maximum Gasteiger partial charge on any atom is 0.405 e. The Labute approximate surface area is 167 Å². The number of hydrogen-bond donors (Lipinski definition) is 2. The van der Waals surface area contributed by atoms with Gasteiger partial charge in [-0.05, 0) is 57.9 Å². The summed E-state index contributed by atoms with van der Waals surface area (Å²) in [6.45, 7) is 3.85. The van der Waals surface area contributed by atoms with E-state index in [0.717, 1.165) is 0 Å². The van der Waals surface area contributed by atoms with E-state index in [1.165, 1.54) is 29.2 Å². The highest BCUT2D eigenvalue weighted by molar-refractivity contribution is 7.89. The summed E-state index contributed by atoms with van der Waals surface area (Å²) < 4.78 is 64.1. The maximum absolute atomic E-state index is 12.7. The first-order valence-corrected chi connectivity index (χ1v) is 10.5. The largest absolute Gasteiger partial charge is 0.405 e. The van der Waals surface area contributed by atoms with Crippen molar-refractivity contribution < 1.29 is 31.2 Å². The molecule has 0 spiro atoms.